The molecule has 0 saturated carbocycles. The molecule has 98 valence electrons. The van der Waals surface area contributed by atoms with Crippen molar-refractivity contribution in [1.29, 1.82) is 0 Å². The first-order valence-corrected chi connectivity index (χ1v) is 6.86. The zero-order chi connectivity index (χ0) is 12.3. The van der Waals surface area contributed by atoms with Gasteiger partial charge in [0.15, 0.2) is 0 Å². The molecule has 2 heterocycles. The van der Waals surface area contributed by atoms with Crippen molar-refractivity contribution in [2.24, 2.45) is 5.41 Å². The summed E-state index contributed by atoms with van der Waals surface area (Å²) in [4.78, 5) is 14.6. The highest BCUT2D eigenvalue weighted by Crippen LogP contribution is 2.36. The summed E-state index contributed by atoms with van der Waals surface area (Å²) in [7, 11) is 0. The van der Waals surface area contributed by atoms with Gasteiger partial charge in [0.1, 0.15) is 0 Å². The second kappa shape index (κ2) is 5.36. The maximum atomic E-state index is 12.7. The molecule has 0 spiro atoms. The van der Waals surface area contributed by atoms with E-state index in [2.05, 4.69) is 12.2 Å². The van der Waals surface area contributed by atoms with E-state index in [-0.39, 0.29) is 24.0 Å². The third kappa shape index (κ3) is 2.33. The Morgan fingerprint density at radius 2 is 2.18 bits per heavy atom. The molecule has 0 aliphatic carbocycles. The summed E-state index contributed by atoms with van der Waals surface area (Å²) in [6.07, 6.45) is 4.80. The lowest BCUT2D eigenvalue weighted by molar-refractivity contribution is -0.145. The van der Waals surface area contributed by atoms with Crippen LogP contribution in [0.2, 0.25) is 0 Å². The molecule has 1 atom stereocenters. The van der Waals surface area contributed by atoms with Crippen LogP contribution in [0.1, 0.15) is 39.0 Å². The molecule has 0 radical (unpaired) electrons. The number of carbonyl (C=O) groups excluding carboxylic acids is 1. The summed E-state index contributed by atoms with van der Waals surface area (Å²) in [5.74, 6) is 0.290. The molecule has 1 amide bonds. The quantitative estimate of drug-likeness (QED) is 0.765. The minimum Gasteiger partial charge on any atom is -0.394 e. The molecule has 2 fully saturated rings. The number of hydrogen-bond acceptors (Lipinski definition) is 3. The number of amides is 1. The standard InChI is InChI=1S/C13H24N2O2/c1-2-13(5-7-14-8-6-13)12(17)15-9-3-4-11(15)10-16/h11,14,16H,2-10H2,1H3. The van der Waals surface area contributed by atoms with Gasteiger partial charge in [0.25, 0.3) is 0 Å². The Labute approximate surface area is 103 Å². The number of aliphatic hydroxyl groups excluding tert-OH is 1. The third-order valence-corrected chi connectivity index (χ3v) is 4.54. The van der Waals surface area contributed by atoms with Gasteiger partial charge in [0.05, 0.1) is 18.1 Å². The summed E-state index contributed by atoms with van der Waals surface area (Å²) >= 11 is 0. The van der Waals surface area contributed by atoms with Crippen molar-refractivity contribution in [2.45, 2.75) is 45.1 Å². The summed E-state index contributed by atoms with van der Waals surface area (Å²) in [5.41, 5.74) is -0.164. The zero-order valence-corrected chi connectivity index (χ0v) is 10.7. The normalized spacial score (nSPS) is 28.4. The molecular formula is C13H24N2O2. The molecule has 2 N–H and O–H groups in total. The topological polar surface area (TPSA) is 52.6 Å². The predicted molar refractivity (Wildman–Crippen MR) is 66.6 cm³/mol. The number of piperidine rings is 1. The molecule has 4 nitrogen and oxygen atoms in total. The van der Waals surface area contributed by atoms with Gasteiger partial charge in [0.2, 0.25) is 5.91 Å². The van der Waals surface area contributed by atoms with E-state index in [9.17, 15) is 9.90 Å². The molecule has 0 aromatic rings. The fourth-order valence-electron chi connectivity index (χ4n) is 3.22. The lowest BCUT2D eigenvalue weighted by Gasteiger charge is -2.40. The van der Waals surface area contributed by atoms with Crippen LogP contribution in [0.4, 0.5) is 0 Å². The van der Waals surface area contributed by atoms with Gasteiger partial charge >= 0.3 is 0 Å². The van der Waals surface area contributed by atoms with Crippen molar-refractivity contribution in [3.8, 4) is 0 Å². The van der Waals surface area contributed by atoms with E-state index in [0.717, 1.165) is 51.7 Å². The zero-order valence-electron chi connectivity index (χ0n) is 10.7. The van der Waals surface area contributed by atoms with Crippen molar-refractivity contribution in [3.63, 3.8) is 0 Å². The first-order valence-electron chi connectivity index (χ1n) is 6.86. The van der Waals surface area contributed by atoms with Crippen LogP contribution in [0.15, 0.2) is 0 Å². The van der Waals surface area contributed by atoms with E-state index in [4.69, 9.17) is 0 Å². The Bertz CT molecular complexity index is 275. The fourth-order valence-corrected chi connectivity index (χ4v) is 3.22. The number of rotatable bonds is 3. The van der Waals surface area contributed by atoms with Gasteiger partial charge in [-0.1, -0.05) is 6.92 Å². The van der Waals surface area contributed by atoms with Gasteiger partial charge in [-0.2, -0.15) is 0 Å². The van der Waals surface area contributed by atoms with Gasteiger partial charge in [-0.05, 0) is 45.2 Å². The van der Waals surface area contributed by atoms with Crippen LogP contribution in [-0.2, 0) is 4.79 Å². The van der Waals surface area contributed by atoms with Crippen molar-refractivity contribution < 1.29 is 9.90 Å². The van der Waals surface area contributed by atoms with E-state index >= 15 is 0 Å². The number of nitrogens with zero attached hydrogens (tertiary/aromatic N) is 1. The molecule has 17 heavy (non-hydrogen) atoms. The minimum absolute atomic E-state index is 0.0702. The highest BCUT2D eigenvalue weighted by molar-refractivity contribution is 5.83. The summed E-state index contributed by atoms with van der Waals surface area (Å²) in [6, 6.07) is 0.0702. The average Bonchev–Trinajstić information content (AvgIpc) is 2.86. The summed E-state index contributed by atoms with van der Waals surface area (Å²) in [5, 5.41) is 12.7. The lowest BCUT2D eigenvalue weighted by Crippen LogP contribution is -2.51. The highest BCUT2D eigenvalue weighted by atomic mass is 16.3. The van der Waals surface area contributed by atoms with Crippen LogP contribution >= 0.6 is 0 Å². The molecule has 4 heteroatoms. The maximum absolute atomic E-state index is 12.7. The molecule has 2 aliphatic heterocycles. The SMILES string of the molecule is CCC1(C(=O)N2CCCC2CO)CCNCC1. The van der Waals surface area contributed by atoms with Crippen LogP contribution < -0.4 is 5.32 Å². The van der Waals surface area contributed by atoms with Crippen LogP contribution in [0.5, 0.6) is 0 Å². The van der Waals surface area contributed by atoms with E-state index in [1.54, 1.807) is 0 Å². The average molecular weight is 240 g/mol. The van der Waals surface area contributed by atoms with Gasteiger partial charge in [0, 0.05) is 6.54 Å². The Morgan fingerprint density at radius 1 is 1.47 bits per heavy atom. The van der Waals surface area contributed by atoms with Crippen LogP contribution in [0.3, 0.4) is 0 Å². The van der Waals surface area contributed by atoms with Gasteiger partial charge in [-0.25, -0.2) is 0 Å². The van der Waals surface area contributed by atoms with Crippen molar-refractivity contribution >= 4 is 5.91 Å². The Hall–Kier alpha value is -0.610. The van der Waals surface area contributed by atoms with Crippen molar-refractivity contribution in [2.75, 3.05) is 26.2 Å². The molecule has 1 unspecified atom stereocenters. The Kier molecular flexibility index (Phi) is 4.05. The second-order valence-corrected chi connectivity index (χ2v) is 5.36. The third-order valence-electron chi connectivity index (χ3n) is 4.54. The summed E-state index contributed by atoms with van der Waals surface area (Å²) in [6.45, 7) is 4.95. The minimum atomic E-state index is -0.164. The molecular weight excluding hydrogens is 216 g/mol. The highest BCUT2D eigenvalue weighted by Gasteiger charge is 2.43. The monoisotopic (exact) mass is 240 g/mol. The number of hydrogen-bond donors (Lipinski definition) is 2. The number of nitrogens with one attached hydrogen (secondary N) is 1. The number of aliphatic hydroxyl groups is 1. The van der Waals surface area contributed by atoms with E-state index < -0.39 is 0 Å². The van der Waals surface area contributed by atoms with Crippen LogP contribution in [0, 0.1) is 5.41 Å². The predicted octanol–water partition coefficient (Wildman–Crippen LogP) is 0.750. The molecule has 2 aliphatic rings. The smallest absolute Gasteiger partial charge is 0.229 e. The number of carbonyl (C=O) groups is 1. The van der Waals surface area contributed by atoms with Gasteiger partial charge in [-0.15, -0.1) is 0 Å². The number of likely N-dealkylation sites (tertiary alicyclic amines) is 1. The first-order chi connectivity index (χ1) is 8.23. The van der Waals surface area contributed by atoms with Gasteiger partial charge < -0.3 is 15.3 Å². The second-order valence-electron chi connectivity index (χ2n) is 5.36. The fraction of sp³-hybridized carbons (Fsp3) is 0.923. The first kappa shape index (κ1) is 12.8. The lowest BCUT2D eigenvalue weighted by atomic mass is 9.75. The van der Waals surface area contributed by atoms with Crippen LogP contribution in [-0.4, -0.2) is 48.2 Å². The maximum Gasteiger partial charge on any atom is 0.229 e. The molecule has 0 aromatic heterocycles. The van der Waals surface area contributed by atoms with Crippen molar-refractivity contribution in [1.82, 2.24) is 10.2 Å². The summed E-state index contributed by atoms with van der Waals surface area (Å²) < 4.78 is 0. The van der Waals surface area contributed by atoms with Crippen molar-refractivity contribution in [3.05, 3.63) is 0 Å². The molecule has 0 bridgehead atoms. The Morgan fingerprint density at radius 3 is 2.76 bits per heavy atom. The van der Waals surface area contributed by atoms with E-state index in [1.807, 2.05) is 4.90 Å². The van der Waals surface area contributed by atoms with Gasteiger partial charge in [-0.3, -0.25) is 4.79 Å². The molecule has 2 saturated heterocycles. The van der Waals surface area contributed by atoms with E-state index in [0.29, 0.717) is 0 Å². The molecule has 2 rings (SSSR count). The Balaban J connectivity index is 2.10. The van der Waals surface area contributed by atoms with Crippen LogP contribution in [0.25, 0.3) is 0 Å². The molecule has 0 aromatic carbocycles. The largest absolute Gasteiger partial charge is 0.394 e. The van der Waals surface area contributed by atoms with E-state index in [1.165, 1.54) is 0 Å².